The van der Waals surface area contributed by atoms with E-state index in [0.29, 0.717) is 6.61 Å². The third-order valence-corrected chi connectivity index (χ3v) is 3.90. The lowest BCUT2D eigenvalue weighted by Gasteiger charge is -2.15. The van der Waals surface area contributed by atoms with Crippen molar-refractivity contribution in [2.75, 3.05) is 11.9 Å². The Kier molecular flexibility index (Phi) is 4.29. The molecule has 22 heavy (non-hydrogen) atoms. The van der Waals surface area contributed by atoms with Crippen molar-refractivity contribution < 1.29 is 4.74 Å². The molecule has 0 atom stereocenters. The Labute approximate surface area is 131 Å². The van der Waals surface area contributed by atoms with Crippen LogP contribution in [0, 0.1) is 6.92 Å². The lowest BCUT2D eigenvalue weighted by atomic mass is 10.0. The average molecular weight is 291 g/mol. The van der Waals surface area contributed by atoms with Crippen LogP contribution in [0.1, 0.15) is 18.1 Å². The molecular formula is C20H21NO. The summed E-state index contributed by atoms with van der Waals surface area (Å²) in [7, 11) is 0. The second-order valence-corrected chi connectivity index (χ2v) is 5.36. The summed E-state index contributed by atoms with van der Waals surface area (Å²) < 4.78 is 5.82. The minimum atomic E-state index is 0.676. The van der Waals surface area contributed by atoms with E-state index in [9.17, 15) is 0 Å². The first-order chi connectivity index (χ1) is 10.8. The number of benzene rings is 3. The summed E-state index contributed by atoms with van der Waals surface area (Å²) in [6.07, 6.45) is 0. The minimum absolute atomic E-state index is 0.676. The van der Waals surface area contributed by atoms with E-state index in [1.54, 1.807) is 0 Å². The van der Waals surface area contributed by atoms with Crippen LogP contribution >= 0.6 is 0 Å². The molecule has 3 rings (SSSR count). The summed E-state index contributed by atoms with van der Waals surface area (Å²) in [5.74, 6) is 0.960. The zero-order chi connectivity index (χ0) is 15.4. The summed E-state index contributed by atoms with van der Waals surface area (Å²) in [5, 5.41) is 6.03. The Balaban J connectivity index is 1.97. The van der Waals surface area contributed by atoms with E-state index in [1.807, 2.05) is 6.92 Å². The number of fused-ring (bicyclic) bond motifs is 1. The number of rotatable bonds is 5. The highest BCUT2D eigenvalue weighted by Crippen LogP contribution is 2.29. The van der Waals surface area contributed by atoms with Gasteiger partial charge in [-0.15, -0.1) is 0 Å². The van der Waals surface area contributed by atoms with Gasteiger partial charge >= 0.3 is 0 Å². The summed E-state index contributed by atoms with van der Waals surface area (Å²) >= 11 is 0. The number of hydrogen-bond acceptors (Lipinski definition) is 2. The summed E-state index contributed by atoms with van der Waals surface area (Å²) in [4.78, 5) is 0. The topological polar surface area (TPSA) is 21.3 Å². The standard InChI is InChI=1S/C20H21NO/c1-3-22-20-13-12-16-9-5-6-10-17(16)18(20)14-21-19-11-7-4-8-15(19)2/h4-13,21H,3,14H2,1-2H3. The van der Waals surface area contributed by atoms with Crippen molar-refractivity contribution in [1.82, 2.24) is 0 Å². The van der Waals surface area contributed by atoms with E-state index in [1.165, 1.54) is 21.9 Å². The predicted molar refractivity (Wildman–Crippen MR) is 93.6 cm³/mol. The summed E-state index contributed by atoms with van der Waals surface area (Å²) in [5.41, 5.74) is 3.63. The Bertz CT molecular complexity index is 780. The van der Waals surface area contributed by atoms with Gasteiger partial charge in [0.05, 0.1) is 6.61 Å². The molecule has 2 heteroatoms. The number of hydrogen-bond donors (Lipinski definition) is 1. The number of nitrogens with one attached hydrogen (secondary N) is 1. The fourth-order valence-electron chi connectivity index (χ4n) is 2.74. The fraction of sp³-hybridized carbons (Fsp3) is 0.200. The molecule has 112 valence electrons. The van der Waals surface area contributed by atoms with Gasteiger partial charge in [-0.3, -0.25) is 0 Å². The molecule has 0 saturated heterocycles. The van der Waals surface area contributed by atoms with Crippen LogP contribution in [0.25, 0.3) is 10.8 Å². The van der Waals surface area contributed by atoms with Crippen LogP contribution in [0.5, 0.6) is 5.75 Å². The van der Waals surface area contributed by atoms with Crippen LogP contribution in [0.2, 0.25) is 0 Å². The Morgan fingerprint density at radius 2 is 1.68 bits per heavy atom. The monoisotopic (exact) mass is 291 g/mol. The second-order valence-electron chi connectivity index (χ2n) is 5.36. The molecule has 2 nitrogen and oxygen atoms in total. The van der Waals surface area contributed by atoms with Crippen molar-refractivity contribution in [2.24, 2.45) is 0 Å². The van der Waals surface area contributed by atoms with Gasteiger partial charge in [-0.25, -0.2) is 0 Å². The Hall–Kier alpha value is -2.48. The van der Waals surface area contributed by atoms with Gasteiger partial charge in [0.15, 0.2) is 0 Å². The third-order valence-electron chi connectivity index (χ3n) is 3.90. The molecular weight excluding hydrogens is 270 g/mol. The van der Waals surface area contributed by atoms with Gasteiger partial charge in [0.2, 0.25) is 0 Å². The molecule has 0 bridgehead atoms. The van der Waals surface area contributed by atoms with Crippen LogP contribution in [0.15, 0.2) is 60.7 Å². The van der Waals surface area contributed by atoms with Crippen molar-refractivity contribution in [3.63, 3.8) is 0 Å². The Morgan fingerprint density at radius 3 is 2.50 bits per heavy atom. The molecule has 0 unspecified atom stereocenters. The third kappa shape index (κ3) is 2.91. The van der Waals surface area contributed by atoms with E-state index in [4.69, 9.17) is 4.74 Å². The van der Waals surface area contributed by atoms with Crippen LogP contribution in [-0.2, 0) is 6.54 Å². The van der Waals surface area contributed by atoms with Crippen molar-refractivity contribution in [2.45, 2.75) is 20.4 Å². The van der Waals surface area contributed by atoms with E-state index in [-0.39, 0.29) is 0 Å². The first kappa shape index (κ1) is 14.5. The molecule has 0 aliphatic carbocycles. The molecule has 0 aliphatic heterocycles. The van der Waals surface area contributed by atoms with Crippen molar-refractivity contribution >= 4 is 16.5 Å². The molecule has 0 amide bonds. The molecule has 0 fully saturated rings. The van der Waals surface area contributed by atoms with Crippen molar-refractivity contribution in [3.05, 3.63) is 71.8 Å². The minimum Gasteiger partial charge on any atom is -0.494 e. The molecule has 0 radical (unpaired) electrons. The molecule has 3 aromatic carbocycles. The maximum Gasteiger partial charge on any atom is 0.124 e. The van der Waals surface area contributed by atoms with Crippen molar-refractivity contribution in [1.29, 1.82) is 0 Å². The van der Waals surface area contributed by atoms with Crippen LogP contribution in [0.4, 0.5) is 5.69 Å². The van der Waals surface area contributed by atoms with Gasteiger partial charge in [-0.1, -0.05) is 48.5 Å². The van der Waals surface area contributed by atoms with Gasteiger partial charge < -0.3 is 10.1 Å². The Morgan fingerprint density at radius 1 is 0.909 bits per heavy atom. The highest BCUT2D eigenvalue weighted by molar-refractivity contribution is 5.88. The SMILES string of the molecule is CCOc1ccc2ccccc2c1CNc1ccccc1C. The fourth-order valence-corrected chi connectivity index (χ4v) is 2.74. The molecule has 0 heterocycles. The smallest absolute Gasteiger partial charge is 0.124 e. The summed E-state index contributed by atoms with van der Waals surface area (Å²) in [6, 6.07) is 21.0. The molecule has 0 aliphatic rings. The second kappa shape index (κ2) is 6.52. The number of para-hydroxylation sites is 1. The quantitative estimate of drug-likeness (QED) is 0.701. The zero-order valence-corrected chi connectivity index (χ0v) is 13.1. The normalized spacial score (nSPS) is 10.6. The van der Waals surface area contributed by atoms with Gasteiger partial charge in [0, 0.05) is 17.8 Å². The van der Waals surface area contributed by atoms with Crippen LogP contribution < -0.4 is 10.1 Å². The van der Waals surface area contributed by atoms with Gasteiger partial charge in [0.1, 0.15) is 5.75 Å². The number of anilines is 1. The lowest BCUT2D eigenvalue weighted by Crippen LogP contribution is -2.05. The zero-order valence-electron chi connectivity index (χ0n) is 13.1. The van der Waals surface area contributed by atoms with Gasteiger partial charge in [0.25, 0.3) is 0 Å². The highest BCUT2D eigenvalue weighted by atomic mass is 16.5. The van der Waals surface area contributed by atoms with E-state index < -0.39 is 0 Å². The van der Waals surface area contributed by atoms with Crippen molar-refractivity contribution in [3.8, 4) is 5.75 Å². The van der Waals surface area contributed by atoms with Gasteiger partial charge in [-0.05, 0) is 42.3 Å². The van der Waals surface area contributed by atoms with E-state index >= 15 is 0 Å². The molecule has 0 saturated carbocycles. The number of ether oxygens (including phenoxy) is 1. The highest BCUT2D eigenvalue weighted by Gasteiger charge is 2.09. The number of aryl methyl sites for hydroxylation is 1. The van der Waals surface area contributed by atoms with E-state index in [2.05, 4.69) is 72.9 Å². The maximum absolute atomic E-state index is 5.82. The first-order valence-corrected chi connectivity index (χ1v) is 7.72. The van der Waals surface area contributed by atoms with Crippen LogP contribution in [0.3, 0.4) is 0 Å². The average Bonchev–Trinajstić information content (AvgIpc) is 2.55. The first-order valence-electron chi connectivity index (χ1n) is 7.72. The van der Waals surface area contributed by atoms with Gasteiger partial charge in [-0.2, -0.15) is 0 Å². The maximum atomic E-state index is 5.82. The van der Waals surface area contributed by atoms with E-state index in [0.717, 1.165) is 18.0 Å². The molecule has 0 spiro atoms. The van der Waals surface area contributed by atoms with Crippen LogP contribution in [-0.4, -0.2) is 6.61 Å². The lowest BCUT2D eigenvalue weighted by molar-refractivity contribution is 0.337. The largest absolute Gasteiger partial charge is 0.494 e. The predicted octanol–water partition coefficient (Wildman–Crippen LogP) is 5.16. The molecule has 3 aromatic rings. The molecule has 1 N–H and O–H groups in total. The summed E-state index contributed by atoms with van der Waals surface area (Å²) in [6.45, 7) is 5.57. The molecule has 0 aromatic heterocycles.